The van der Waals surface area contributed by atoms with Gasteiger partial charge in [-0.2, -0.15) is 0 Å². The van der Waals surface area contributed by atoms with E-state index in [4.69, 9.17) is 0 Å². The third-order valence-corrected chi connectivity index (χ3v) is 7.05. The Morgan fingerprint density at radius 3 is 2.32 bits per heavy atom. The zero-order valence-corrected chi connectivity index (χ0v) is 21.8. The molecule has 1 aliphatic rings. The minimum Gasteiger partial charge on any atom is -0.507 e. The smallest absolute Gasteiger partial charge is 0.245 e. The van der Waals surface area contributed by atoms with Crippen LogP contribution in [0.25, 0.3) is 33.4 Å². The molecule has 194 valence electrons. The van der Waals surface area contributed by atoms with Gasteiger partial charge in [-0.25, -0.2) is 18.7 Å². The minimum absolute atomic E-state index is 0.0135. The summed E-state index contributed by atoms with van der Waals surface area (Å²) in [5.74, 6) is -1.62. The lowest BCUT2D eigenvalue weighted by Crippen LogP contribution is -2.62. The highest BCUT2D eigenvalue weighted by molar-refractivity contribution is 5.84. The molecule has 10 heteroatoms. The highest BCUT2D eigenvalue weighted by atomic mass is 19.2. The van der Waals surface area contributed by atoms with E-state index in [1.54, 1.807) is 25.4 Å². The monoisotopic (exact) mass is 507 g/mol. The molecule has 0 unspecified atom stereocenters. The Morgan fingerprint density at radius 2 is 1.70 bits per heavy atom. The van der Waals surface area contributed by atoms with E-state index >= 15 is 0 Å². The van der Waals surface area contributed by atoms with Gasteiger partial charge < -0.3 is 19.9 Å². The highest BCUT2D eigenvalue weighted by Gasteiger charge is 2.39. The van der Waals surface area contributed by atoms with Gasteiger partial charge in [-0.3, -0.25) is 0 Å². The molecule has 4 aromatic rings. The third-order valence-electron chi connectivity index (χ3n) is 7.05. The van der Waals surface area contributed by atoms with Gasteiger partial charge in [-0.05, 0) is 64.3 Å². The standard InChI is InChI=1S/C27H31F2N7O/c1-26(2)11-16(12-27(3,4)34-26)36(6)25-30-13-20(32-33-25)17-8-7-15(9-21(17)37)18-10-19-24(23(29)22(18)28)35(5)14-31-19/h7-10,13-14,16,34,37H,11-12H2,1-6H3. The van der Waals surface area contributed by atoms with Gasteiger partial charge in [0.05, 0.1) is 18.0 Å². The molecule has 0 saturated carbocycles. The number of nitrogens with zero attached hydrogens (tertiary/aromatic N) is 6. The van der Waals surface area contributed by atoms with Gasteiger partial charge in [0.1, 0.15) is 17.0 Å². The molecule has 8 nitrogen and oxygen atoms in total. The molecule has 0 bridgehead atoms. The number of imidazole rings is 1. The summed E-state index contributed by atoms with van der Waals surface area (Å²) in [6.07, 6.45) is 4.85. The molecule has 0 aliphatic carbocycles. The van der Waals surface area contributed by atoms with Crippen molar-refractivity contribution in [3.63, 3.8) is 0 Å². The molecule has 2 aromatic heterocycles. The lowest BCUT2D eigenvalue weighted by Gasteiger charge is -2.48. The fourth-order valence-electron chi connectivity index (χ4n) is 5.63. The van der Waals surface area contributed by atoms with Gasteiger partial charge in [0.25, 0.3) is 0 Å². The summed E-state index contributed by atoms with van der Waals surface area (Å²) in [7, 11) is 3.57. The fourth-order valence-corrected chi connectivity index (χ4v) is 5.63. The average Bonchev–Trinajstić information content (AvgIpc) is 3.19. The minimum atomic E-state index is -0.999. The average molecular weight is 508 g/mol. The van der Waals surface area contributed by atoms with E-state index in [-0.39, 0.29) is 33.9 Å². The number of phenolic OH excluding ortho intramolecular Hbond substituents is 1. The van der Waals surface area contributed by atoms with E-state index in [0.717, 1.165) is 12.8 Å². The third kappa shape index (κ3) is 4.61. The fraction of sp³-hybridized carbons (Fsp3) is 0.407. The van der Waals surface area contributed by atoms with Crippen molar-refractivity contribution in [2.24, 2.45) is 7.05 Å². The number of fused-ring (bicyclic) bond motifs is 1. The maximum absolute atomic E-state index is 14.9. The van der Waals surface area contributed by atoms with Crippen molar-refractivity contribution < 1.29 is 13.9 Å². The number of phenols is 1. The predicted octanol–water partition coefficient (Wildman–Crippen LogP) is 4.82. The van der Waals surface area contributed by atoms with Gasteiger partial charge in [-0.1, -0.05) is 6.07 Å². The molecule has 3 heterocycles. The van der Waals surface area contributed by atoms with E-state index in [9.17, 15) is 13.9 Å². The quantitative estimate of drug-likeness (QED) is 0.409. The molecule has 37 heavy (non-hydrogen) atoms. The van der Waals surface area contributed by atoms with E-state index in [1.165, 1.54) is 23.0 Å². The van der Waals surface area contributed by atoms with Crippen LogP contribution >= 0.6 is 0 Å². The summed E-state index contributed by atoms with van der Waals surface area (Å²) in [5, 5.41) is 23.0. The van der Waals surface area contributed by atoms with Crippen LogP contribution in [0.3, 0.4) is 0 Å². The van der Waals surface area contributed by atoms with Gasteiger partial charge >= 0.3 is 0 Å². The van der Waals surface area contributed by atoms with Gasteiger partial charge in [0.15, 0.2) is 11.6 Å². The molecule has 0 spiro atoms. The maximum atomic E-state index is 14.9. The van der Waals surface area contributed by atoms with Crippen LogP contribution in [0.15, 0.2) is 36.8 Å². The zero-order valence-electron chi connectivity index (χ0n) is 21.8. The van der Waals surface area contributed by atoms with E-state index in [1.807, 2.05) is 7.05 Å². The normalized spacial score (nSPS) is 17.3. The van der Waals surface area contributed by atoms with Crippen LogP contribution in [0.1, 0.15) is 40.5 Å². The molecular formula is C27H31F2N7O. The molecule has 5 rings (SSSR count). The van der Waals surface area contributed by atoms with Crippen LogP contribution in [0.5, 0.6) is 5.75 Å². The lowest BCUT2D eigenvalue weighted by atomic mass is 9.79. The summed E-state index contributed by atoms with van der Waals surface area (Å²) in [4.78, 5) is 10.7. The van der Waals surface area contributed by atoms with Crippen molar-refractivity contribution in [2.75, 3.05) is 11.9 Å². The molecule has 1 aliphatic heterocycles. The SMILES string of the molecule is CN(c1ncc(-c2ccc(-c3cc4ncn(C)c4c(F)c3F)cc2O)nn1)C1CC(C)(C)NC(C)(C)C1. The number of nitrogens with one attached hydrogen (secondary N) is 1. The number of aromatic nitrogens is 5. The molecule has 1 saturated heterocycles. The Morgan fingerprint density at radius 1 is 1.00 bits per heavy atom. The number of benzene rings is 2. The van der Waals surface area contributed by atoms with Crippen molar-refractivity contribution in [3.05, 3.63) is 48.4 Å². The van der Waals surface area contributed by atoms with E-state index < -0.39 is 11.6 Å². The molecule has 0 atom stereocenters. The molecule has 2 N–H and O–H groups in total. The Hall–Kier alpha value is -3.66. The molecule has 1 fully saturated rings. The summed E-state index contributed by atoms with van der Waals surface area (Å²) >= 11 is 0. The van der Waals surface area contributed by atoms with Crippen LogP contribution < -0.4 is 10.2 Å². The van der Waals surface area contributed by atoms with Crippen LogP contribution in [-0.4, -0.2) is 54.0 Å². The summed E-state index contributed by atoms with van der Waals surface area (Å²) in [6.45, 7) is 8.77. The van der Waals surface area contributed by atoms with Crippen LogP contribution in [0, 0.1) is 11.6 Å². The largest absolute Gasteiger partial charge is 0.507 e. The second-order valence-electron chi connectivity index (χ2n) is 11.2. The van der Waals surface area contributed by atoms with Crippen molar-refractivity contribution >= 4 is 17.0 Å². The first kappa shape index (κ1) is 25.0. The summed E-state index contributed by atoms with van der Waals surface area (Å²) < 4.78 is 31.0. The molecule has 2 aromatic carbocycles. The number of anilines is 1. The molecular weight excluding hydrogens is 476 g/mol. The molecule has 0 amide bonds. The van der Waals surface area contributed by atoms with Gasteiger partial charge in [-0.15, -0.1) is 10.2 Å². The maximum Gasteiger partial charge on any atom is 0.245 e. The predicted molar refractivity (Wildman–Crippen MR) is 139 cm³/mol. The van der Waals surface area contributed by atoms with Crippen LogP contribution in [-0.2, 0) is 7.05 Å². The Kier molecular flexibility index (Phi) is 5.90. The summed E-state index contributed by atoms with van der Waals surface area (Å²) in [6, 6.07) is 6.28. The van der Waals surface area contributed by atoms with E-state index in [2.05, 4.69) is 58.1 Å². The van der Waals surface area contributed by atoms with E-state index in [0.29, 0.717) is 28.3 Å². The van der Waals surface area contributed by atoms with Crippen molar-refractivity contribution in [1.29, 1.82) is 0 Å². The topological polar surface area (TPSA) is 92.0 Å². The molecule has 0 radical (unpaired) electrons. The number of aryl methyl sites for hydroxylation is 1. The van der Waals surface area contributed by atoms with Crippen LogP contribution in [0.2, 0.25) is 0 Å². The Labute approximate surface area is 214 Å². The Balaban J connectivity index is 1.41. The zero-order chi connectivity index (χ0) is 26.7. The lowest BCUT2D eigenvalue weighted by molar-refractivity contribution is 0.160. The van der Waals surface area contributed by atoms with Crippen LogP contribution in [0.4, 0.5) is 14.7 Å². The van der Waals surface area contributed by atoms with Gasteiger partial charge in [0, 0.05) is 42.3 Å². The van der Waals surface area contributed by atoms with Gasteiger partial charge in [0.2, 0.25) is 5.95 Å². The van der Waals surface area contributed by atoms with Crippen molar-refractivity contribution in [1.82, 2.24) is 30.0 Å². The first-order valence-corrected chi connectivity index (χ1v) is 12.2. The number of halogens is 2. The number of rotatable bonds is 4. The first-order chi connectivity index (χ1) is 17.3. The second-order valence-corrected chi connectivity index (χ2v) is 11.2. The highest BCUT2D eigenvalue weighted by Crippen LogP contribution is 2.36. The van der Waals surface area contributed by atoms with Crippen molar-refractivity contribution in [2.45, 2.75) is 57.7 Å². The number of hydrogen-bond acceptors (Lipinski definition) is 7. The summed E-state index contributed by atoms with van der Waals surface area (Å²) in [5.41, 5.74) is 1.47. The number of hydrogen-bond donors (Lipinski definition) is 2. The first-order valence-electron chi connectivity index (χ1n) is 12.2. The number of piperidine rings is 1. The second kappa shape index (κ2) is 8.72. The number of aromatic hydroxyl groups is 1. The Bertz CT molecular complexity index is 1460. The van der Waals surface area contributed by atoms with Crippen molar-refractivity contribution in [3.8, 4) is 28.1 Å².